The standard InChI is InChI=1S/C16H19ClN2O2S/c1-19(2)22(20,21)16-6-4-3-5-14(16)12-18-11-13-7-9-15(17)10-8-13/h3-10,18H,11-12H2,1-2H3. The number of nitrogens with zero attached hydrogens (tertiary/aromatic N) is 1. The molecule has 1 N–H and O–H groups in total. The summed E-state index contributed by atoms with van der Waals surface area (Å²) in [4.78, 5) is 0.337. The molecule has 2 aromatic carbocycles. The van der Waals surface area contributed by atoms with Gasteiger partial charge >= 0.3 is 0 Å². The highest BCUT2D eigenvalue weighted by Crippen LogP contribution is 2.18. The van der Waals surface area contributed by atoms with Gasteiger partial charge in [0.1, 0.15) is 0 Å². The zero-order valence-electron chi connectivity index (χ0n) is 12.6. The predicted octanol–water partition coefficient (Wildman–Crippen LogP) is 2.88. The Bertz CT molecular complexity index is 728. The molecule has 0 heterocycles. The smallest absolute Gasteiger partial charge is 0.242 e. The van der Waals surface area contributed by atoms with E-state index >= 15 is 0 Å². The van der Waals surface area contributed by atoms with Crippen LogP contribution in [0.2, 0.25) is 5.02 Å². The normalized spacial score (nSPS) is 11.8. The first-order valence-electron chi connectivity index (χ1n) is 6.87. The van der Waals surface area contributed by atoms with E-state index < -0.39 is 10.0 Å². The van der Waals surface area contributed by atoms with E-state index in [2.05, 4.69) is 5.32 Å². The first-order chi connectivity index (χ1) is 10.4. The molecule has 22 heavy (non-hydrogen) atoms. The fraction of sp³-hybridized carbons (Fsp3) is 0.250. The molecule has 0 aliphatic rings. The van der Waals surface area contributed by atoms with Crippen LogP contribution < -0.4 is 5.32 Å². The molecule has 6 heteroatoms. The Morgan fingerprint density at radius 2 is 1.64 bits per heavy atom. The van der Waals surface area contributed by atoms with Crippen molar-refractivity contribution in [3.8, 4) is 0 Å². The van der Waals surface area contributed by atoms with Crippen LogP contribution in [-0.2, 0) is 23.1 Å². The molecule has 0 atom stereocenters. The summed E-state index contributed by atoms with van der Waals surface area (Å²) in [6.45, 7) is 1.12. The van der Waals surface area contributed by atoms with Gasteiger partial charge in [0.15, 0.2) is 0 Å². The molecule has 0 bridgehead atoms. The van der Waals surface area contributed by atoms with Crippen molar-refractivity contribution in [1.29, 1.82) is 0 Å². The van der Waals surface area contributed by atoms with E-state index in [0.29, 0.717) is 23.0 Å². The molecule has 0 amide bonds. The topological polar surface area (TPSA) is 49.4 Å². The summed E-state index contributed by atoms with van der Waals surface area (Å²) < 4.78 is 25.8. The molecular formula is C16H19ClN2O2S. The van der Waals surface area contributed by atoms with Crippen LogP contribution in [0.4, 0.5) is 0 Å². The van der Waals surface area contributed by atoms with E-state index in [9.17, 15) is 8.42 Å². The van der Waals surface area contributed by atoms with Gasteiger partial charge < -0.3 is 5.32 Å². The molecule has 0 saturated carbocycles. The van der Waals surface area contributed by atoms with Crippen LogP contribution in [0.3, 0.4) is 0 Å². The van der Waals surface area contributed by atoms with Crippen molar-refractivity contribution in [2.24, 2.45) is 0 Å². The summed E-state index contributed by atoms with van der Waals surface area (Å²) in [6.07, 6.45) is 0. The number of rotatable bonds is 6. The summed E-state index contributed by atoms with van der Waals surface area (Å²) in [5.74, 6) is 0. The van der Waals surface area contributed by atoms with E-state index in [-0.39, 0.29) is 0 Å². The quantitative estimate of drug-likeness (QED) is 0.881. The van der Waals surface area contributed by atoms with Gasteiger partial charge in [0, 0.05) is 32.2 Å². The molecule has 0 fully saturated rings. The third kappa shape index (κ3) is 4.08. The largest absolute Gasteiger partial charge is 0.309 e. The van der Waals surface area contributed by atoms with Crippen molar-refractivity contribution in [2.45, 2.75) is 18.0 Å². The van der Waals surface area contributed by atoms with Crippen molar-refractivity contribution >= 4 is 21.6 Å². The Hall–Kier alpha value is -1.40. The predicted molar refractivity (Wildman–Crippen MR) is 89.3 cm³/mol. The Labute approximate surface area is 136 Å². The van der Waals surface area contributed by atoms with E-state index in [4.69, 9.17) is 11.6 Å². The van der Waals surface area contributed by atoms with Gasteiger partial charge in [-0.3, -0.25) is 0 Å². The van der Waals surface area contributed by atoms with Gasteiger partial charge in [-0.05, 0) is 29.3 Å². The highest BCUT2D eigenvalue weighted by atomic mass is 35.5. The summed E-state index contributed by atoms with van der Waals surface area (Å²) in [7, 11) is -0.362. The van der Waals surface area contributed by atoms with Gasteiger partial charge in [0.05, 0.1) is 4.90 Å². The third-order valence-corrected chi connectivity index (χ3v) is 5.46. The number of hydrogen-bond acceptors (Lipinski definition) is 3. The summed E-state index contributed by atoms with van der Waals surface area (Å²) in [5.41, 5.74) is 1.85. The molecule has 0 unspecified atom stereocenters. The minimum absolute atomic E-state index is 0.337. The van der Waals surface area contributed by atoms with E-state index in [1.807, 2.05) is 36.4 Å². The van der Waals surface area contributed by atoms with Gasteiger partial charge in [0.2, 0.25) is 10.0 Å². The first kappa shape index (κ1) is 17.0. The van der Waals surface area contributed by atoms with Gasteiger partial charge in [-0.15, -0.1) is 0 Å². The summed E-state index contributed by atoms with van der Waals surface area (Å²) in [5, 5.41) is 3.96. The van der Waals surface area contributed by atoms with Crippen LogP contribution >= 0.6 is 11.6 Å². The number of sulfonamides is 1. The number of hydrogen-bond donors (Lipinski definition) is 1. The van der Waals surface area contributed by atoms with Crippen molar-refractivity contribution in [1.82, 2.24) is 9.62 Å². The van der Waals surface area contributed by atoms with Crippen molar-refractivity contribution in [3.05, 3.63) is 64.7 Å². The Morgan fingerprint density at radius 1 is 1.00 bits per heavy atom. The maximum absolute atomic E-state index is 12.3. The van der Waals surface area contributed by atoms with Crippen LogP contribution in [0.25, 0.3) is 0 Å². The number of nitrogens with one attached hydrogen (secondary N) is 1. The lowest BCUT2D eigenvalue weighted by atomic mass is 10.2. The highest BCUT2D eigenvalue weighted by molar-refractivity contribution is 7.89. The second kappa shape index (κ2) is 7.24. The minimum Gasteiger partial charge on any atom is -0.309 e. The molecule has 0 aliphatic carbocycles. The Balaban J connectivity index is 2.09. The summed E-state index contributed by atoms with van der Waals surface area (Å²) >= 11 is 5.85. The Morgan fingerprint density at radius 3 is 2.27 bits per heavy atom. The lowest BCUT2D eigenvalue weighted by Crippen LogP contribution is -2.24. The molecule has 4 nitrogen and oxygen atoms in total. The van der Waals surface area contributed by atoms with E-state index in [1.165, 1.54) is 18.4 Å². The Kier molecular flexibility index (Phi) is 5.58. The third-order valence-electron chi connectivity index (χ3n) is 3.29. The lowest BCUT2D eigenvalue weighted by Gasteiger charge is -2.15. The van der Waals surface area contributed by atoms with Gasteiger partial charge in [0.25, 0.3) is 0 Å². The zero-order valence-corrected chi connectivity index (χ0v) is 14.2. The molecule has 2 rings (SSSR count). The second-order valence-corrected chi connectivity index (χ2v) is 7.68. The van der Waals surface area contributed by atoms with Gasteiger partial charge in [-0.25, -0.2) is 12.7 Å². The monoisotopic (exact) mass is 338 g/mol. The van der Waals surface area contributed by atoms with Gasteiger partial charge in [-0.2, -0.15) is 0 Å². The van der Waals surface area contributed by atoms with Crippen LogP contribution in [0.5, 0.6) is 0 Å². The molecule has 2 aromatic rings. The zero-order chi connectivity index (χ0) is 16.2. The number of halogens is 1. The highest BCUT2D eigenvalue weighted by Gasteiger charge is 2.20. The van der Waals surface area contributed by atoms with Crippen LogP contribution in [0.1, 0.15) is 11.1 Å². The minimum atomic E-state index is -3.43. The van der Waals surface area contributed by atoms with Crippen LogP contribution in [-0.4, -0.2) is 26.8 Å². The molecule has 118 valence electrons. The van der Waals surface area contributed by atoms with Crippen LogP contribution in [0.15, 0.2) is 53.4 Å². The molecule has 0 aromatic heterocycles. The molecule has 0 spiro atoms. The van der Waals surface area contributed by atoms with Crippen molar-refractivity contribution < 1.29 is 8.42 Å². The summed E-state index contributed by atoms with van der Waals surface area (Å²) in [6, 6.07) is 14.6. The fourth-order valence-electron chi connectivity index (χ4n) is 2.04. The number of benzene rings is 2. The molecular weight excluding hydrogens is 320 g/mol. The first-order valence-corrected chi connectivity index (χ1v) is 8.68. The van der Waals surface area contributed by atoms with Crippen LogP contribution in [0, 0.1) is 0 Å². The van der Waals surface area contributed by atoms with E-state index in [1.54, 1.807) is 12.1 Å². The maximum atomic E-state index is 12.3. The molecule has 0 saturated heterocycles. The maximum Gasteiger partial charge on any atom is 0.242 e. The van der Waals surface area contributed by atoms with E-state index in [0.717, 1.165) is 11.1 Å². The molecule has 0 aliphatic heterocycles. The SMILES string of the molecule is CN(C)S(=O)(=O)c1ccccc1CNCc1ccc(Cl)cc1. The van der Waals surface area contributed by atoms with Crippen molar-refractivity contribution in [2.75, 3.05) is 14.1 Å². The molecule has 0 radical (unpaired) electrons. The van der Waals surface area contributed by atoms with Gasteiger partial charge in [-0.1, -0.05) is 41.9 Å². The average Bonchev–Trinajstić information content (AvgIpc) is 2.49. The average molecular weight is 339 g/mol. The fourth-order valence-corrected chi connectivity index (χ4v) is 3.28. The van der Waals surface area contributed by atoms with Crippen molar-refractivity contribution in [3.63, 3.8) is 0 Å². The lowest BCUT2D eigenvalue weighted by molar-refractivity contribution is 0.518. The second-order valence-electron chi connectivity index (χ2n) is 5.13.